The highest BCUT2D eigenvalue weighted by Crippen LogP contribution is 2.32. The number of aromatic nitrogens is 1. The zero-order valence-corrected chi connectivity index (χ0v) is 11.2. The van der Waals surface area contributed by atoms with Crippen LogP contribution in [0.15, 0.2) is 18.2 Å². The Morgan fingerprint density at radius 2 is 2.00 bits per heavy atom. The average molecular weight is 276 g/mol. The van der Waals surface area contributed by atoms with Gasteiger partial charge in [0.1, 0.15) is 0 Å². The fourth-order valence-electron chi connectivity index (χ4n) is 2.68. The number of benzene rings is 1. The van der Waals surface area contributed by atoms with Crippen LogP contribution in [-0.4, -0.2) is 16.1 Å². The molecule has 1 heterocycles. The summed E-state index contributed by atoms with van der Waals surface area (Å²) in [4.78, 5) is 15.6. The van der Waals surface area contributed by atoms with Crippen LogP contribution in [0.25, 0.3) is 10.9 Å². The Morgan fingerprint density at radius 1 is 1.21 bits per heavy atom. The fourth-order valence-corrected chi connectivity index (χ4v) is 3.04. The van der Waals surface area contributed by atoms with Crippen LogP contribution in [0.5, 0.6) is 0 Å². The van der Waals surface area contributed by atoms with E-state index in [1.165, 1.54) is 6.42 Å². The molecule has 3 nitrogen and oxygen atoms in total. The summed E-state index contributed by atoms with van der Waals surface area (Å²) in [6.45, 7) is 0. The van der Waals surface area contributed by atoms with Gasteiger partial charge in [-0.3, -0.25) is 4.98 Å². The molecule has 0 saturated heterocycles. The van der Waals surface area contributed by atoms with E-state index < -0.39 is 5.97 Å². The first-order chi connectivity index (χ1) is 9.16. The summed E-state index contributed by atoms with van der Waals surface area (Å²) in [6.07, 6.45) is 5.37. The van der Waals surface area contributed by atoms with Gasteiger partial charge in [0.05, 0.1) is 16.1 Å². The number of carboxylic acid groups (broad SMARTS) is 1. The van der Waals surface area contributed by atoms with Gasteiger partial charge in [0.2, 0.25) is 0 Å². The van der Waals surface area contributed by atoms with Crippen LogP contribution in [0.3, 0.4) is 0 Å². The molecule has 1 aromatic heterocycles. The Kier molecular flexibility index (Phi) is 3.15. The number of nitrogens with zero attached hydrogens (tertiary/aromatic N) is 1. The van der Waals surface area contributed by atoms with Gasteiger partial charge in [-0.1, -0.05) is 24.1 Å². The lowest BCUT2D eigenvalue weighted by atomic mass is 10.0. The SMILES string of the molecule is O=C(O)c1ccc2c(Cl)c3c(nc2c1)CCCCC3. The van der Waals surface area contributed by atoms with Gasteiger partial charge in [0, 0.05) is 11.1 Å². The van der Waals surface area contributed by atoms with Crippen LogP contribution in [0.4, 0.5) is 0 Å². The molecule has 1 aliphatic rings. The van der Waals surface area contributed by atoms with Gasteiger partial charge in [-0.2, -0.15) is 0 Å². The molecule has 1 aromatic carbocycles. The zero-order valence-electron chi connectivity index (χ0n) is 10.4. The summed E-state index contributed by atoms with van der Waals surface area (Å²) >= 11 is 6.48. The first-order valence-electron chi connectivity index (χ1n) is 6.51. The van der Waals surface area contributed by atoms with Gasteiger partial charge in [-0.25, -0.2) is 4.79 Å². The molecular formula is C15H14ClNO2. The molecule has 0 aliphatic heterocycles. The lowest BCUT2D eigenvalue weighted by Crippen LogP contribution is -2.00. The minimum atomic E-state index is -0.935. The van der Waals surface area contributed by atoms with E-state index in [0.29, 0.717) is 5.52 Å². The van der Waals surface area contributed by atoms with E-state index in [2.05, 4.69) is 4.98 Å². The van der Waals surface area contributed by atoms with Crippen molar-refractivity contribution in [2.45, 2.75) is 32.1 Å². The Bertz CT molecular complexity index is 667. The quantitative estimate of drug-likeness (QED) is 0.804. The molecule has 0 saturated carbocycles. The van der Waals surface area contributed by atoms with Crippen molar-refractivity contribution < 1.29 is 9.90 Å². The summed E-state index contributed by atoms with van der Waals surface area (Å²) in [5.74, 6) is -0.935. The second-order valence-electron chi connectivity index (χ2n) is 4.95. The molecule has 0 radical (unpaired) electrons. The Morgan fingerprint density at radius 3 is 2.79 bits per heavy atom. The lowest BCUT2D eigenvalue weighted by Gasteiger charge is -2.11. The summed E-state index contributed by atoms with van der Waals surface area (Å²) in [7, 11) is 0. The van der Waals surface area contributed by atoms with Crippen LogP contribution < -0.4 is 0 Å². The van der Waals surface area contributed by atoms with Crippen LogP contribution in [-0.2, 0) is 12.8 Å². The van der Waals surface area contributed by atoms with Crippen molar-refractivity contribution in [3.05, 3.63) is 40.0 Å². The highest BCUT2D eigenvalue weighted by molar-refractivity contribution is 6.36. The van der Waals surface area contributed by atoms with E-state index in [1.807, 2.05) is 0 Å². The van der Waals surface area contributed by atoms with Crippen molar-refractivity contribution in [3.8, 4) is 0 Å². The predicted octanol–water partition coefficient (Wildman–Crippen LogP) is 3.86. The van der Waals surface area contributed by atoms with E-state index in [0.717, 1.165) is 47.3 Å². The monoisotopic (exact) mass is 275 g/mol. The molecule has 0 spiro atoms. The van der Waals surface area contributed by atoms with Crippen LogP contribution >= 0.6 is 11.6 Å². The lowest BCUT2D eigenvalue weighted by molar-refractivity contribution is 0.0697. The third kappa shape index (κ3) is 2.19. The summed E-state index contributed by atoms with van der Waals surface area (Å²) in [5, 5.41) is 10.6. The molecule has 1 aliphatic carbocycles. The molecule has 4 heteroatoms. The Hall–Kier alpha value is -1.61. The normalized spacial score (nSPS) is 15.0. The molecule has 0 amide bonds. The topological polar surface area (TPSA) is 50.2 Å². The summed E-state index contributed by atoms with van der Waals surface area (Å²) in [6, 6.07) is 4.95. The van der Waals surface area contributed by atoms with Crippen molar-refractivity contribution in [3.63, 3.8) is 0 Å². The van der Waals surface area contributed by atoms with Crippen molar-refractivity contribution in [1.82, 2.24) is 4.98 Å². The molecule has 0 bridgehead atoms. The predicted molar refractivity (Wildman–Crippen MR) is 75.0 cm³/mol. The molecule has 1 N–H and O–H groups in total. The third-order valence-electron chi connectivity index (χ3n) is 3.69. The molecule has 98 valence electrons. The molecule has 19 heavy (non-hydrogen) atoms. The van der Waals surface area contributed by atoms with Crippen molar-refractivity contribution in [1.29, 1.82) is 0 Å². The van der Waals surface area contributed by atoms with Gasteiger partial charge in [-0.05, 0) is 43.4 Å². The smallest absolute Gasteiger partial charge is 0.335 e. The highest BCUT2D eigenvalue weighted by Gasteiger charge is 2.16. The Balaban J connectivity index is 2.24. The molecular weight excluding hydrogens is 262 g/mol. The number of hydrogen-bond acceptors (Lipinski definition) is 2. The number of fused-ring (bicyclic) bond motifs is 2. The summed E-state index contributed by atoms with van der Waals surface area (Å²) in [5.41, 5.74) is 3.13. The van der Waals surface area contributed by atoms with Crippen LogP contribution in [0.2, 0.25) is 5.02 Å². The maximum Gasteiger partial charge on any atom is 0.335 e. The number of aryl methyl sites for hydroxylation is 1. The van der Waals surface area contributed by atoms with E-state index in [9.17, 15) is 4.79 Å². The minimum absolute atomic E-state index is 0.254. The third-order valence-corrected chi connectivity index (χ3v) is 4.12. The first-order valence-corrected chi connectivity index (χ1v) is 6.89. The summed E-state index contributed by atoms with van der Waals surface area (Å²) < 4.78 is 0. The van der Waals surface area contributed by atoms with Crippen LogP contribution in [0, 0.1) is 0 Å². The number of pyridine rings is 1. The van der Waals surface area contributed by atoms with Crippen molar-refractivity contribution in [2.24, 2.45) is 0 Å². The number of hydrogen-bond donors (Lipinski definition) is 1. The maximum absolute atomic E-state index is 11.0. The van der Waals surface area contributed by atoms with E-state index in [-0.39, 0.29) is 5.56 Å². The van der Waals surface area contributed by atoms with Gasteiger partial charge >= 0.3 is 5.97 Å². The van der Waals surface area contributed by atoms with E-state index in [1.54, 1.807) is 18.2 Å². The molecule has 2 aromatic rings. The van der Waals surface area contributed by atoms with E-state index >= 15 is 0 Å². The molecule has 0 unspecified atom stereocenters. The van der Waals surface area contributed by atoms with E-state index in [4.69, 9.17) is 16.7 Å². The number of halogens is 1. The largest absolute Gasteiger partial charge is 0.478 e. The minimum Gasteiger partial charge on any atom is -0.478 e. The van der Waals surface area contributed by atoms with Gasteiger partial charge < -0.3 is 5.11 Å². The van der Waals surface area contributed by atoms with Crippen molar-refractivity contribution >= 4 is 28.5 Å². The second-order valence-corrected chi connectivity index (χ2v) is 5.33. The molecule has 0 fully saturated rings. The maximum atomic E-state index is 11.0. The number of carboxylic acids is 1. The van der Waals surface area contributed by atoms with Gasteiger partial charge in [0.15, 0.2) is 0 Å². The number of rotatable bonds is 1. The van der Waals surface area contributed by atoms with Gasteiger partial charge in [0.25, 0.3) is 0 Å². The van der Waals surface area contributed by atoms with Crippen LogP contribution in [0.1, 0.15) is 40.9 Å². The molecule has 3 rings (SSSR count). The standard InChI is InChI=1S/C15H14ClNO2/c16-14-10-4-2-1-3-5-12(10)17-13-8-9(15(18)19)6-7-11(13)14/h6-8H,1-5H2,(H,18,19). The highest BCUT2D eigenvalue weighted by atomic mass is 35.5. The van der Waals surface area contributed by atoms with Crippen molar-refractivity contribution in [2.75, 3.05) is 0 Å². The second kappa shape index (κ2) is 4.82. The first kappa shape index (κ1) is 12.4. The number of carbonyl (C=O) groups is 1. The number of aromatic carboxylic acids is 1. The average Bonchev–Trinajstić information content (AvgIpc) is 2.63. The zero-order chi connectivity index (χ0) is 13.4. The molecule has 0 atom stereocenters. The fraction of sp³-hybridized carbons (Fsp3) is 0.333. The van der Waals surface area contributed by atoms with Gasteiger partial charge in [-0.15, -0.1) is 0 Å². The Labute approximate surface area is 116 Å².